The summed E-state index contributed by atoms with van der Waals surface area (Å²) >= 11 is 0. The summed E-state index contributed by atoms with van der Waals surface area (Å²) in [7, 11) is 1.88. The molecule has 0 bridgehead atoms. The zero-order chi connectivity index (χ0) is 17.4. The zero-order valence-corrected chi connectivity index (χ0v) is 14.8. The number of benzene rings is 1. The number of amides is 2. The third-order valence-electron chi connectivity index (χ3n) is 5.94. The first-order valence-electron chi connectivity index (χ1n) is 9.17. The Labute approximate surface area is 148 Å². The summed E-state index contributed by atoms with van der Waals surface area (Å²) < 4.78 is 0. The minimum Gasteiger partial charge on any atom is -0.361 e. The van der Waals surface area contributed by atoms with E-state index in [-0.39, 0.29) is 17.2 Å². The molecule has 2 aliphatic heterocycles. The lowest BCUT2D eigenvalue weighted by Gasteiger charge is -2.37. The first-order chi connectivity index (χ1) is 12.1. The Morgan fingerprint density at radius 1 is 1.24 bits per heavy atom. The van der Waals surface area contributed by atoms with E-state index in [1.165, 1.54) is 10.9 Å². The van der Waals surface area contributed by atoms with Crippen molar-refractivity contribution in [2.75, 3.05) is 26.7 Å². The molecule has 2 fully saturated rings. The summed E-state index contributed by atoms with van der Waals surface area (Å²) in [4.78, 5) is 32.3. The van der Waals surface area contributed by atoms with Crippen LogP contribution in [0.2, 0.25) is 0 Å². The van der Waals surface area contributed by atoms with Crippen molar-refractivity contribution in [1.29, 1.82) is 0 Å². The second kappa shape index (κ2) is 6.21. The van der Waals surface area contributed by atoms with Gasteiger partial charge in [-0.25, -0.2) is 0 Å². The van der Waals surface area contributed by atoms with Crippen LogP contribution in [0.25, 0.3) is 10.9 Å². The van der Waals surface area contributed by atoms with Gasteiger partial charge >= 0.3 is 0 Å². The fourth-order valence-electron chi connectivity index (χ4n) is 4.47. The van der Waals surface area contributed by atoms with Crippen LogP contribution in [-0.2, 0) is 16.0 Å². The number of rotatable bonds is 3. The predicted octanol–water partition coefficient (Wildman–Crippen LogP) is 2.57. The standard InChI is InChI=1S/C20H25N3O2/c1-22-11-4-9-20(19(22)25)10-12-23(14-20)18(24)8-7-15-13-21-17-6-3-2-5-16(15)17/h2-3,5-6,13,21H,4,7-12,14H2,1H3. The first kappa shape index (κ1) is 16.2. The number of nitrogens with zero attached hydrogens (tertiary/aromatic N) is 2. The zero-order valence-electron chi connectivity index (χ0n) is 14.8. The molecule has 2 aliphatic rings. The van der Waals surface area contributed by atoms with Gasteiger partial charge in [0.2, 0.25) is 11.8 Å². The van der Waals surface area contributed by atoms with Gasteiger partial charge in [0, 0.05) is 50.2 Å². The van der Waals surface area contributed by atoms with Crippen molar-refractivity contribution in [1.82, 2.24) is 14.8 Å². The van der Waals surface area contributed by atoms with Crippen LogP contribution >= 0.6 is 0 Å². The van der Waals surface area contributed by atoms with E-state index in [0.717, 1.165) is 37.7 Å². The van der Waals surface area contributed by atoms with E-state index in [1.807, 2.05) is 35.2 Å². The summed E-state index contributed by atoms with van der Waals surface area (Å²) in [5, 5.41) is 1.19. The van der Waals surface area contributed by atoms with Crippen LogP contribution in [0.15, 0.2) is 30.5 Å². The van der Waals surface area contributed by atoms with Crippen molar-refractivity contribution in [3.63, 3.8) is 0 Å². The summed E-state index contributed by atoms with van der Waals surface area (Å²) in [6.45, 7) is 2.16. The lowest BCUT2D eigenvalue weighted by atomic mass is 9.78. The van der Waals surface area contributed by atoms with Gasteiger partial charge < -0.3 is 14.8 Å². The van der Waals surface area contributed by atoms with Crippen LogP contribution in [0.4, 0.5) is 0 Å². The van der Waals surface area contributed by atoms with Crippen molar-refractivity contribution in [2.24, 2.45) is 5.41 Å². The van der Waals surface area contributed by atoms with Crippen molar-refractivity contribution in [3.8, 4) is 0 Å². The van der Waals surface area contributed by atoms with Crippen molar-refractivity contribution in [3.05, 3.63) is 36.0 Å². The molecule has 1 N–H and O–H groups in total. The predicted molar refractivity (Wildman–Crippen MR) is 97.1 cm³/mol. The van der Waals surface area contributed by atoms with Gasteiger partial charge in [-0.2, -0.15) is 0 Å². The Kier molecular flexibility index (Phi) is 4.02. The van der Waals surface area contributed by atoms with Gasteiger partial charge in [0.05, 0.1) is 5.41 Å². The summed E-state index contributed by atoms with van der Waals surface area (Å²) in [5.74, 6) is 0.397. The fraction of sp³-hybridized carbons (Fsp3) is 0.500. The molecule has 5 heteroatoms. The number of aromatic amines is 1. The maximum Gasteiger partial charge on any atom is 0.230 e. The van der Waals surface area contributed by atoms with Gasteiger partial charge in [-0.15, -0.1) is 0 Å². The molecule has 3 heterocycles. The smallest absolute Gasteiger partial charge is 0.230 e. The first-order valence-corrected chi connectivity index (χ1v) is 9.17. The van der Waals surface area contributed by atoms with Crippen molar-refractivity contribution in [2.45, 2.75) is 32.1 Å². The molecule has 0 saturated carbocycles. The number of hydrogen-bond acceptors (Lipinski definition) is 2. The molecule has 2 amide bonds. The molecule has 132 valence electrons. The Morgan fingerprint density at radius 2 is 2.08 bits per heavy atom. The molecule has 1 aromatic carbocycles. The molecular formula is C20H25N3O2. The van der Waals surface area contributed by atoms with Gasteiger partial charge in [-0.05, 0) is 37.3 Å². The van der Waals surface area contributed by atoms with E-state index in [0.29, 0.717) is 19.5 Å². The number of likely N-dealkylation sites (tertiary alicyclic amines) is 2. The van der Waals surface area contributed by atoms with Crippen LogP contribution in [0.1, 0.15) is 31.2 Å². The van der Waals surface area contributed by atoms with E-state index >= 15 is 0 Å². The number of H-pyrrole nitrogens is 1. The van der Waals surface area contributed by atoms with Crippen LogP contribution < -0.4 is 0 Å². The van der Waals surface area contributed by atoms with E-state index in [4.69, 9.17) is 0 Å². The third kappa shape index (κ3) is 2.81. The van der Waals surface area contributed by atoms with Crippen LogP contribution in [0.3, 0.4) is 0 Å². The Morgan fingerprint density at radius 3 is 2.96 bits per heavy atom. The number of aromatic nitrogens is 1. The van der Waals surface area contributed by atoms with Gasteiger partial charge in [0.15, 0.2) is 0 Å². The highest BCUT2D eigenvalue weighted by Crippen LogP contribution is 2.39. The second-order valence-electron chi connectivity index (χ2n) is 7.54. The molecular weight excluding hydrogens is 314 g/mol. The van der Waals surface area contributed by atoms with Crippen LogP contribution in [0.5, 0.6) is 0 Å². The van der Waals surface area contributed by atoms with Crippen LogP contribution in [0, 0.1) is 5.41 Å². The minimum absolute atomic E-state index is 0.170. The average molecular weight is 339 g/mol. The van der Waals surface area contributed by atoms with Crippen LogP contribution in [-0.4, -0.2) is 53.3 Å². The third-order valence-corrected chi connectivity index (χ3v) is 5.94. The molecule has 1 spiro atoms. The normalized spacial score (nSPS) is 23.8. The largest absolute Gasteiger partial charge is 0.361 e. The van der Waals surface area contributed by atoms with E-state index in [9.17, 15) is 9.59 Å². The van der Waals surface area contributed by atoms with Crippen molar-refractivity contribution >= 4 is 22.7 Å². The highest BCUT2D eigenvalue weighted by Gasteiger charge is 2.48. The maximum absolute atomic E-state index is 12.7. The molecule has 2 saturated heterocycles. The average Bonchev–Trinajstić information content (AvgIpc) is 3.23. The fourth-order valence-corrected chi connectivity index (χ4v) is 4.47. The number of nitrogens with one attached hydrogen (secondary N) is 1. The number of fused-ring (bicyclic) bond motifs is 1. The van der Waals surface area contributed by atoms with E-state index in [1.54, 1.807) is 0 Å². The molecule has 2 aromatic rings. The lowest BCUT2D eigenvalue weighted by Crippen LogP contribution is -2.48. The summed E-state index contributed by atoms with van der Waals surface area (Å²) in [6.07, 6.45) is 6.02. The van der Waals surface area contributed by atoms with E-state index in [2.05, 4.69) is 17.1 Å². The minimum atomic E-state index is -0.316. The summed E-state index contributed by atoms with van der Waals surface area (Å²) in [6, 6.07) is 8.18. The Bertz CT molecular complexity index is 812. The number of para-hydroxylation sites is 1. The van der Waals surface area contributed by atoms with E-state index < -0.39 is 0 Å². The molecule has 4 rings (SSSR count). The van der Waals surface area contributed by atoms with Gasteiger partial charge in [-0.1, -0.05) is 18.2 Å². The topological polar surface area (TPSA) is 56.4 Å². The maximum atomic E-state index is 12.7. The molecule has 1 aromatic heterocycles. The lowest BCUT2D eigenvalue weighted by molar-refractivity contribution is -0.144. The molecule has 0 aliphatic carbocycles. The van der Waals surface area contributed by atoms with Crippen molar-refractivity contribution < 1.29 is 9.59 Å². The number of carbonyl (C=O) groups is 2. The Hall–Kier alpha value is -2.30. The quantitative estimate of drug-likeness (QED) is 0.934. The second-order valence-corrected chi connectivity index (χ2v) is 7.54. The van der Waals surface area contributed by atoms with Gasteiger partial charge in [0.25, 0.3) is 0 Å². The summed E-state index contributed by atoms with van der Waals surface area (Å²) in [5.41, 5.74) is 1.98. The highest BCUT2D eigenvalue weighted by molar-refractivity contribution is 5.87. The monoisotopic (exact) mass is 339 g/mol. The molecule has 25 heavy (non-hydrogen) atoms. The number of aryl methyl sites for hydroxylation is 1. The van der Waals surface area contributed by atoms with Gasteiger partial charge in [0.1, 0.15) is 0 Å². The molecule has 5 nitrogen and oxygen atoms in total. The molecule has 0 radical (unpaired) electrons. The number of carbonyl (C=O) groups excluding carboxylic acids is 2. The number of hydrogen-bond donors (Lipinski definition) is 1. The molecule has 1 unspecified atom stereocenters. The molecule has 1 atom stereocenters. The SMILES string of the molecule is CN1CCCC2(CCN(C(=O)CCc3c[nH]c4ccccc34)C2)C1=O. The van der Waals surface area contributed by atoms with Gasteiger partial charge in [-0.3, -0.25) is 9.59 Å². The number of piperidine rings is 1. The Balaban J connectivity index is 1.40. The highest BCUT2D eigenvalue weighted by atomic mass is 16.2.